The Hall–Kier alpha value is -4.27. The predicted octanol–water partition coefficient (Wildman–Crippen LogP) is 6.17. The molecule has 236 valence electrons. The van der Waals surface area contributed by atoms with E-state index in [4.69, 9.17) is 32.2 Å². The number of benzene rings is 2. The number of hydrogen-bond donors (Lipinski definition) is 4. The number of aliphatic hydroxyl groups is 1. The molecule has 44 heavy (non-hydrogen) atoms. The molecule has 0 fully saturated rings. The average molecular weight is 656 g/mol. The molecule has 7 N–H and O–H groups in total. The first-order chi connectivity index (χ1) is 20.5. The highest BCUT2D eigenvalue weighted by Gasteiger charge is 2.33. The molecule has 0 atom stereocenters. The molecule has 4 aromatic rings. The van der Waals surface area contributed by atoms with Gasteiger partial charge in [-0.05, 0) is 43.3 Å². The Morgan fingerprint density at radius 3 is 2.64 bits per heavy atom. The zero-order valence-electron chi connectivity index (χ0n) is 23.6. The van der Waals surface area contributed by atoms with Crippen LogP contribution >= 0.6 is 22.9 Å². The Morgan fingerprint density at radius 1 is 1.23 bits per heavy atom. The summed E-state index contributed by atoms with van der Waals surface area (Å²) in [6, 6.07) is 9.39. The van der Waals surface area contributed by atoms with Crippen LogP contribution in [-0.2, 0) is 12.8 Å². The number of anilines is 1. The van der Waals surface area contributed by atoms with Crippen molar-refractivity contribution in [3.05, 3.63) is 82.6 Å². The lowest BCUT2D eigenvalue weighted by Gasteiger charge is -2.15. The number of alkyl halides is 3. The van der Waals surface area contributed by atoms with E-state index in [-0.39, 0.29) is 21.1 Å². The molecule has 2 aromatic carbocycles. The van der Waals surface area contributed by atoms with E-state index in [1.165, 1.54) is 24.4 Å². The Morgan fingerprint density at radius 2 is 2.00 bits per heavy atom. The van der Waals surface area contributed by atoms with Crippen LogP contribution in [0.5, 0.6) is 11.5 Å². The highest BCUT2D eigenvalue weighted by atomic mass is 35.5. The number of ether oxygens (including phenoxy) is 2. The molecule has 1 aliphatic heterocycles. The lowest BCUT2D eigenvalue weighted by Crippen LogP contribution is -2.19. The highest BCUT2D eigenvalue weighted by molar-refractivity contribution is 7.22. The summed E-state index contributed by atoms with van der Waals surface area (Å²) >= 11 is 7.07. The summed E-state index contributed by atoms with van der Waals surface area (Å²) in [7, 11) is 1.72. The summed E-state index contributed by atoms with van der Waals surface area (Å²) in [4.78, 5) is 8.73. The lowest BCUT2D eigenvalue weighted by molar-refractivity contribution is -0.274. The van der Waals surface area contributed by atoms with Gasteiger partial charge in [0.2, 0.25) is 0 Å². The van der Waals surface area contributed by atoms with Crippen LogP contribution in [0.4, 0.5) is 22.7 Å². The van der Waals surface area contributed by atoms with Crippen LogP contribution in [0, 0.1) is 5.82 Å². The normalized spacial score (nSPS) is 12.7. The zero-order valence-corrected chi connectivity index (χ0v) is 25.1. The van der Waals surface area contributed by atoms with Gasteiger partial charge in [0.05, 0.1) is 22.6 Å². The summed E-state index contributed by atoms with van der Waals surface area (Å²) in [6.45, 7) is 2.74. The number of halogens is 5. The number of aliphatic hydroxyl groups excluding tert-OH is 1. The third-order valence-electron chi connectivity index (χ3n) is 6.15. The maximum atomic E-state index is 13.7. The number of nitrogens with one attached hydrogen (secondary N) is 2. The van der Waals surface area contributed by atoms with E-state index in [9.17, 15) is 17.6 Å². The van der Waals surface area contributed by atoms with Crippen LogP contribution < -0.4 is 25.8 Å². The van der Waals surface area contributed by atoms with Gasteiger partial charge in [-0.3, -0.25) is 0 Å². The molecule has 0 saturated carbocycles. The number of allylic oxidation sites excluding steroid dienone is 1. The van der Waals surface area contributed by atoms with Gasteiger partial charge in [-0.1, -0.05) is 29.0 Å². The maximum absolute atomic E-state index is 13.7. The Kier molecular flexibility index (Phi) is 11.6. The van der Waals surface area contributed by atoms with Crippen molar-refractivity contribution in [3.8, 4) is 22.8 Å². The highest BCUT2D eigenvalue weighted by Crippen LogP contribution is 2.38. The summed E-state index contributed by atoms with van der Waals surface area (Å²) in [5.41, 5.74) is 9.91. The fourth-order valence-corrected chi connectivity index (χ4v) is 5.34. The van der Waals surface area contributed by atoms with Gasteiger partial charge in [0, 0.05) is 60.7 Å². The fourth-order valence-electron chi connectivity index (χ4n) is 4.37. The monoisotopic (exact) mass is 655 g/mol. The lowest BCUT2D eigenvalue weighted by atomic mass is 10.0. The molecule has 0 aliphatic carbocycles. The standard InChI is InChI=1S/C26H21ClF4N4O2S.C3H7NO.H2O/c1-2-19(15-11-20(37-26(29,30)31)23-21(12-15)38-25(32)35-23)33-7-5-16-9-14-6-8-36-24(14)22(34-16)13-3-4-18(28)17(27)10-13;1-4-2-3-5;/h2-4,9-12,33H,5-8H2,1H3,(H2,32,35);2-5H,1H3;1H2/b19-2-;;. The van der Waals surface area contributed by atoms with E-state index in [0.717, 1.165) is 35.3 Å². The fraction of sp³-hybridized carbons (Fsp3) is 0.241. The minimum atomic E-state index is -4.87. The number of aromatic nitrogens is 2. The maximum Gasteiger partial charge on any atom is 0.573 e. The van der Waals surface area contributed by atoms with Gasteiger partial charge in [0.1, 0.15) is 22.8 Å². The minimum absolute atomic E-state index is 0. The average Bonchev–Trinajstić information content (AvgIpc) is 3.58. The smallest absolute Gasteiger partial charge is 0.514 e. The van der Waals surface area contributed by atoms with Gasteiger partial charge in [0.15, 0.2) is 10.9 Å². The molecular weight excluding hydrogens is 626 g/mol. The molecule has 15 heteroatoms. The second-order valence-electron chi connectivity index (χ2n) is 9.08. The molecule has 0 unspecified atom stereocenters. The van der Waals surface area contributed by atoms with Crippen LogP contribution in [0.2, 0.25) is 5.02 Å². The van der Waals surface area contributed by atoms with E-state index < -0.39 is 17.9 Å². The van der Waals surface area contributed by atoms with Crippen molar-refractivity contribution < 1.29 is 37.6 Å². The van der Waals surface area contributed by atoms with Gasteiger partial charge in [-0.2, -0.15) is 0 Å². The topological polar surface area (TPSA) is 146 Å². The number of thiazole rings is 1. The van der Waals surface area contributed by atoms with Crippen molar-refractivity contribution in [2.24, 2.45) is 0 Å². The predicted molar refractivity (Wildman–Crippen MR) is 164 cm³/mol. The number of nitrogens with zero attached hydrogens (tertiary/aromatic N) is 2. The molecule has 0 spiro atoms. The van der Waals surface area contributed by atoms with Gasteiger partial charge in [0.25, 0.3) is 0 Å². The van der Waals surface area contributed by atoms with Gasteiger partial charge < -0.3 is 36.4 Å². The molecule has 0 radical (unpaired) electrons. The van der Waals surface area contributed by atoms with E-state index >= 15 is 0 Å². The van der Waals surface area contributed by atoms with Crippen molar-refractivity contribution in [3.63, 3.8) is 0 Å². The van der Waals surface area contributed by atoms with Gasteiger partial charge in [-0.15, -0.1) is 13.2 Å². The first kappa shape index (κ1) is 34.2. The third-order valence-corrected chi connectivity index (χ3v) is 7.27. The van der Waals surface area contributed by atoms with E-state index in [1.807, 2.05) is 6.07 Å². The van der Waals surface area contributed by atoms with Crippen LogP contribution in [0.15, 0.2) is 54.9 Å². The number of pyridine rings is 1. The number of nitrogen functional groups attached to an aromatic ring is 1. The number of fused-ring (bicyclic) bond motifs is 2. The second kappa shape index (κ2) is 14.9. The van der Waals surface area contributed by atoms with Gasteiger partial charge >= 0.3 is 6.36 Å². The molecule has 0 saturated heterocycles. The number of hydrogen-bond acceptors (Lipinski definition) is 9. The van der Waals surface area contributed by atoms with E-state index in [0.29, 0.717) is 52.5 Å². The molecule has 0 bridgehead atoms. The van der Waals surface area contributed by atoms with Crippen molar-refractivity contribution in [1.82, 2.24) is 20.6 Å². The summed E-state index contributed by atoms with van der Waals surface area (Å²) in [5.74, 6) is -0.273. The van der Waals surface area contributed by atoms with Crippen LogP contribution in [0.1, 0.15) is 23.7 Å². The molecule has 1 aliphatic rings. The van der Waals surface area contributed by atoms with Gasteiger partial charge in [-0.25, -0.2) is 14.4 Å². The molecular formula is C29H30ClF4N5O4S. The van der Waals surface area contributed by atoms with Crippen molar-refractivity contribution >= 4 is 44.0 Å². The molecule has 0 amide bonds. The number of rotatable bonds is 8. The van der Waals surface area contributed by atoms with Crippen LogP contribution in [0.25, 0.3) is 27.2 Å². The summed E-state index contributed by atoms with van der Waals surface area (Å²) < 4.78 is 63.3. The van der Waals surface area contributed by atoms with Crippen LogP contribution in [0.3, 0.4) is 0 Å². The van der Waals surface area contributed by atoms with Crippen molar-refractivity contribution in [1.29, 1.82) is 0 Å². The second-order valence-corrected chi connectivity index (χ2v) is 10.6. The quantitative estimate of drug-likeness (QED) is 0.130. The molecule has 2 aromatic heterocycles. The zero-order chi connectivity index (χ0) is 31.1. The Balaban J connectivity index is 0.000000817. The summed E-state index contributed by atoms with van der Waals surface area (Å²) in [5, 5.41) is 13.8. The molecule has 5 rings (SSSR count). The third kappa shape index (κ3) is 8.42. The SMILES string of the molecule is C/C=C(\NCCc1cc2c(c(-c3ccc(F)c(Cl)c3)n1)OCC2)c1cc(OC(F)(F)F)c2nc(N)sc2c1.CNC=CO.O. The number of nitrogens with two attached hydrogens (primary N) is 1. The first-order valence-corrected chi connectivity index (χ1v) is 14.2. The van der Waals surface area contributed by atoms with E-state index in [2.05, 4.69) is 20.4 Å². The summed E-state index contributed by atoms with van der Waals surface area (Å²) in [6.07, 6.45) is 0.496. The Labute approximate surface area is 259 Å². The van der Waals surface area contributed by atoms with Crippen molar-refractivity contribution in [2.45, 2.75) is 26.1 Å². The Bertz CT molecular complexity index is 1660. The largest absolute Gasteiger partial charge is 0.573 e. The van der Waals surface area contributed by atoms with Crippen molar-refractivity contribution in [2.75, 3.05) is 25.9 Å². The molecule has 3 heterocycles. The van der Waals surface area contributed by atoms with Crippen LogP contribution in [-0.4, -0.2) is 47.1 Å². The minimum Gasteiger partial charge on any atom is -0.514 e. The first-order valence-electron chi connectivity index (χ1n) is 13.0. The molecule has 9 nitrogen and oxygen atoms in total. The van der Waals surface area contributed by atoms with E-state index in [1.54, 1.807) is 32.2 Å².